The predicted molar refractivity (Wildman–Crippen MR) is 61.1 cm³/mol. The summed E-state index contributed by atoms with van der Waals surface area (Å²) < 4.78 is 0. The van der Waals surface area contributed by atoms with Gasteiger partial charge in [-0.05, 0) is 19.1 Å². The summed E-state index contributed by atoms with van der Waals surface area (Å²) in [6, 6.07) is 4.69. The van der Waals surface area contributed by atoms with Gasteiger partial charge in [-0.15, -0.1) is 0 Å². The molecule has 0 saturated heterocycles. The molecule has 1 rings (SSSR count). The molecule has 5 N–H and O–H groups in total. The number of hydrogen-bond acceptors (Lipinski definition) is 6. The van der Waals surface area contributed by atoms with Gasteiger partial charge in [0.25, 0.3) is 0 Å². The van der Waals surface area contributed by atoms with E-state index in [0.29, 0.717) is 5.69 Å². The Kier molecular flexibility index (Phi) is 4.03. The highest BCUT2D eigenvalue weighted by Gasteiger charge is 2.18. The van der Waals surface area contributed by atoms with E-state index in [9.17, 15) is 10.1 Å². The number of nitro groups is 1. The first kappa shape index (κ1) is 12.2. The summed E-state index contributed by atoms with van der Waals surface area (Å²) in [5, 5.41) is 22.7. The average molecular weight is 226 g/mol. The number of aliphatic hydroxyl groups is 1. The third-order valence-corrected chi connectivity index (χ3v) is 1.96. The van der Waals surface area contributed by atoms with Crippen molar-refractivity contribution in [2.75, 3.05) is 17.3 Å². The van der Waals surface area contributed by atoms with E-state index in [4.69, 9.17) is 10.9 Å². The van der Waals surface area contributed by atoms with Crippen molar-refractivity contribution in [2.45, 2.75) is 13.0 Å². The molecule has 1 atom stereocenters. The van der Waals surface area contributed by atoms with Crippen molar-refractivity contribution in [1.29, 1.82) is 0 Å². The van der Waals surface area contributed by atoms with Crippen LogP contribution < -0.4 is 16.6 Å². The highest BCUT2D eigenvalue weighted by Crippen LogP contribution is 2.31. The Morgan fingerprint density at radius 2 is 2.19 bits per heavy atom. The number of para-hydroxylation sites is 1. The zero-order valence-electron chi connectivity index (χ0n) is 8.80. The molecule has 0 aliphatic carbocycles. The number of hydrazine groups is 1. The van der Waals surface area contributed by atoms with E-state index in [1.165, 1.54) is 6.07 Å². The lowest BCUT2D eigenvalue weighted by atomic mass is 10.2. The molecule has 0 saturated carbocycles. The molecule has 1 aromatic carbocycles. The molecule has 0 amide bonds. The van der Waals surface area contributed by atoms with Gasteiger partial charge >= 0.3 is 5.69 Å². The van der Waals surface area contributed by atoms with Crippen LogP contribution in [0, 0.1) is 10.1 Å². The van der Waals surface area contributed by atoms with Crippen molar-refractivity contribution in [3.8, 4) is 0 Å². The summed E-state index contributed by atoms with van der Waals surface area (Å²) in [5.74, 6) is 5.18. The number of aliphatic hydroxyl groups excluding tert-OH is 1. The average Bonchev–Trinajstić information content (AvgIpc) is 2.25. The Hall–Kier alpha value is -1.86. The number of nitrogens with two attached hydrogens (primary N) is 1. The number of nitro benzene ring substituents is 1. The van der Waals surface area contributed by atoms with Gasteiger partial charge in [0.15, 0.2) is 0 Å². The normalized spacial score (nSPS) is 11.9. The third kappa shape index (κ3) is 2.81. The van der Waals surface area contributed by atoms with Crippen LogP contribution in [0.25, 0.3) is 0 Å². The molecule has 0 spiro atoms. The van der Waals surface area contributed by atoms with Crippen LogP contribution >= 0.6 is 0 Å². The molecule has 0 aliphatic rings. The van der Waals surface area contributed by atoms with Crippen LogP contribution in [-0.2, 0) is 0 Å². The zero-order chi connectivity index (χ0) is 12.1. The first-order valence-corrected chi connectivity index (χ1v) is 4.72. The number of hydrogen-bond donors (Lipinski definition) is 4. The predicted octanol–water partition coefficient (Wildman–Crippen LogP) is 0.673. The van der Waals surface area contributed by atoms with Gasteiger partial charge < -0.3 is 15.8 Å². The quantitative estimate of drug-likeness (QED) is 0.333. The van der Waals surface area contributed by atoms with Gasteiger partial charge in [0.1, 0.15) is 11.4 Å². The summed E-state index contributed by atoms with van der Waals surface area (Å²) in [6.45, 7) is 1.82. The van der Waals surface area contributed by atoms with Crippen LogP contribution in [0.1, 0.15) is 6.92 Å². The fraction of sp³-hybridized carbons (Fsp3) is 0.333. The van der Waals surface area contributed by atoms with E-state index in [2.05, 4.69) is 10.7 Å². The van der Waals surface area contributed by atoms with Crippen molar-refractivity contribution in [1.82, 2.24) is 0 Å². The largest absolute Gasteiger partial charge is 0.392 e. The van der Waals surface area contributed by atoms with Gasteiger partial charge in [0, 0.05) is 6.54 Å². The summed E-state index contributed by atoms with van der Waals surface area (Å²) in [4.78, 5) is 10.3. The maximum atomic E-state index is 10.9. The Labute approximate surface area is 92.4 Å². The molecular formula is C9H14N4O3. The fourth-order valence-corrected chi connectivity index (χ4v) is 1.26. The molecule has 0 radical (unpaired) electrons. The standard InChI is InChI=1S/C9H14N4O3/c1-6(14)5-11-7-3-2-4-8(12-10)9(7)13(15)16/h2-4,6,11-12,14H,5,10H2,1H3. The van der Waals surface area contributed by atoms with Crippen LogP contribution in [-0.4, -0.2) is 22.7 Å². The number of nitrogens with one attached hydrogen (secondary N) is 2. The Morgan fingerprint density at radius 3 is 2.69 bits per heavy atom. The van der Waals surface area contributed by atoms with Crippen LogP contribution in [0.2, 0.25) is 0 Å². The fourth-order valence-electron chi connectivity index (χ4n) is 1.26. The highest BCUT2D eigenvalue weighted by molar-refractivity contribution is 5.75. The van der Waals surface area contributed by atoms with E-state index in [1.807, 2.05) is 0 Å². The Balaban J connectivity index is 3.02. The number of nitrogen functional groups attached to an aromatic ring is 1. The number of anilines is 2. The summed E-state index contributed by atoms with van der Waals surface area (Å²) in [5.41, 5.74) is 2.67. The van der Waals surface area contributed by atoms with Crippen molar-refractivity contribution < 1.29 is 10.0 Å². The summed E-state index contributed by atoms with van der Waals surface area (Å²) in [7, 11) is 0. The Morgan fingerprint density at radius 1 is 1.56 bits per heavy atom. The van der Waals surface area contributed by atoms with E-state index in [-0.39, 0.29) is 17.9 Å². The van der Waals surface area contributed by atoms with Gasteiger partial charge in [-0.2, -0.15) is 0 Å². The monoisotopic (exact) mass is 226 g/mol. The molecule has 1 aromatic rings. The number of rotatable bonds is 5. The lowest BCUT2D eigenvalue weighted by Gasteiger charge is -2.10. The van der Waals surface area contributed by atoms with Crippen molar-refractivity contribution in [2.24, 2.45) is 5.84 Å². The molecule has 0 aliphatic heterocycles. The highest BCUT2D eigenvalue weighted by atomic mass is 16.6. The third-order valence-electron chi connectivity index (χ3n) is 1.96. The first-order chi connectivity index (χ1) is 7.56. The maximum absolute atomic E-state index is 10.9. The van der Waals surface area contributed by atoms with Crippen LogP contribution in [0.3, 0.4) is 0 Å². The molecule has 0 aromatic heterocycles. The van der Waals surface area contributed by atoms with E-state index < -0.39 is 11.0 Å². The minimum absolute atomic E-state index is 0.134. The van der Waals surface area contributed by atoms with E-state index in [0.717, 1.165) is 0 Å². The van der Waals surface area contributed by atoms with Crippen LogP contribution in [0.15, 0.2) is 18.2 Å². The molecule has 7 heteroatoms. The summed E-state index contributed by atoms with van der Waals surface area (Å²) in [6.07, 6.45) is -0.589. The number of nitrogens with zero attached hydrogens (tertiary/aromatic N) is 1. The molecule has 0 heterocycles. The van der Waals surface area contributed by atoms with E-state index in [1.54, 1.807) is 19.1 Å². The second-order valence-electron chi connectivity index (χ2n) is 3.33. The van der Waals surface area contributed by atoms with Gasteiger partial charge in [-0.3, -0.25) is 16.0 Å². The number of benzene rings is 1. The Bertz CT molecular complexity index is 381. The lowest BCUT2D eigenvalue weighted by Crippen LogP contribution is -2.17. The van der Waals surface area contributed by atoms with Gasteiger partial charge in [0.2, 0.25) is 0 Å². The summed E-state index contributed by atoms with van der Waals surface area (Å²) >= 11 is 0. The molecular weight excluding hydrogens is 212 g/mol. The smallest absolute Gasteiger partial charge is 0.316 e. The molecule has 0 fully saturated rings. The SMILES string of the molecule is CC(O)CNc1cccc(NN)c1[N+](=O)[O-]. The second-order valence-corrected chi connectivity index (χ2v) is 3.33. The topological polar surface area (TPSA) is 113 Å². The van der Waals surface area contributed by atoms with Crippen LogP contribution in [0.5, 0.6) is 0 Å². The van der Waals surface area contributed by atoms with E-state index >= 15 is 0 Å². The van der Waals surface area contributed by atoms with Gasteiger partial charge in [-0.1, -0.05) is 6.07 Å². The van der Waals surface area contributed by atoms with Crippen molar-refractivity contribution in [3.63, 3.8) is 0 Å². The molecule has 16 heavy (non-hydrogen) atoms. The van der Waals surface area contributed by atoms with Crippen molar-refractivity contribution in [3.05, 3.63) is 28.3 Å². The van der Waals surface area contributed by atoms with Gasteiger partial charge in [-0.25, -0.2) is 0 Å². The van der Waals surface area contributed by atoms with Crippen molar-refractivity contribution >= 4 is 17.1 Å². The lowest BCUT2D eigenvalue weighted by molar-refractivity contribution is -0.383. The maximum Gasteiger partial charge on any atom is 0.316 e. The minimum Gasteiger partial charge on any atom is -0.392 e. The second kappa shape index (κ2) is 5.29. The first-order valence-electron chi connectivity index (χ1n) is 4.72. The molecule has 0 bridgehead atoms. The van der Waals surface area contributed by atoms with Gasteiger partial charge in [0.05, 0.1) is 11.0 Å². The minimum atomic E-state index is -0.589. The molecule has 1 unspecified atom stereocenters. The zero-order valence-corrected chi connectivity index (χ0v) is 8.80. The van der Waals surface area contributed by atoms with Crippen LogP contribution in [0.4, 0.5) is 17.1 Å². The molecule has 88 valence electrons. The molecule has 7 nitrogen and oxygen atoms in total.